The lowest BCUT2D eigenvalue weighted by atomic mass is 10.1. The highest BCUT2D eigenvalue weighted by molar-refractivity contribution is 7.99. The van der Waals surface area contributed by atoms with E-state index >= 15 is 0 Å². The number of fused-ring (bicyclic) bond motifs is 1. The standard InChI is InChI=1S/C17H25NOS/c1-4-5-9-17-15(12-18-11-13(2)20-3)14-8-6-7-10-16(14)19-17/h6-8,10,13,18H,4-5,9,11-12H2,1-3H3. The summed E-state index contributed by atoms with van der Waals surface area (Å²) in [4.78, 5) is 0. The molecule has 0 saturated carbocycles. The molecule has 0 amide bonds. The number of unbranched alkanes of at least 4 members (excludes halogenated alkanes) is 1. The highest BCUT2D eigenvalue weighted by atomic mass is 32.2. The molecule has 0 bridgehead atoms. The van der Waals surface area contributed by atoms with Gasteiger partial charge in [0.2, 0.25) is 0 Å². The Bertz CT molecular complexity index is 535. The van der Waals surface area contributed by atoms with E-state index in [1.165, 1.54) is 23.8 Å². The molecule has 0 aliphatic carbocycles. The summed E-state index contributed by atoms with van der Waals surface area (Å²) in [5.74, 6) is 1.16. The number of rotatable bonds is 8. The molecule has 3 heteroatoms. The number of thioether (sulfide) groups is 1. The fourth-order valence-corrected chi connectivity index (χ4v) is 2.65. The summed E-state index contributed by atoms with van der Waals surface area (Å²) in [6, 6.07) is 8.38. The molecular formula is C17H25NOS. The van der Waals surface area contributed by atoms with Crippen LogP contribution in [0.1, 0.15) is 38.0 Å². The monoisotopic (exact) mass is 291 g/mol. The Morgan fingerprint density at radius 1 is 1.30 bits per heavy atom. The van der Waals surface area contributed by atoms with Crippen LogP contribution in [0.2, 0.25) is 0 Å². The zero-order valence-corrected chi connectivity index (χ0v) is 13.6. The second-order valence-corrected chi connectivity index (χ2v) is 6.56. The van der Waals surface area contributed by atoms with Gasteiger partial charge in [-0.25, -0.2) is 0 Å². The van der Waals surface area contributed by atoms with Gasteiger partial charge in [-0.2, -0.15) is 11.8 Å². The molecule has 2 nitrogen and oxygen atoms in total. The zero-order valence-electron chi connectivity index (χ0n) is 12.7. The van der Waals surface area contributed by atoms with Gasteiger partial charge in [0.05, 0.1) is 0 Å². The van der Waals surface area contributed by atoms with Crippen molar-refractivity contribution in [2.75, 3.05) is 12.8 Å². The van der Waals surface area contributed by atoms with Crippen molar-refractivity contribution in [2.24, 2.45) is 0 Å². The number of hydrogen-bond donors (Lipinski definition) is 1. The van der Waals surface area contributed by atoms with Crippen LogP contribution in [0.15, 0.2) is 28.7 Å². The molecular weight excluding hydrogens is 266 g/mol. The molecule has 1 heterocycles. The molecule has 110 valence electrons. The van der Waals surface area contributed by atoms with Crippen LogP contribution in [-0.2, 0) is 13.0 Å². The van der Waals surface area contributed by atoms with E-state index in [-0.39, 0.29) is 0 Å². The quantitative estimate of drug-likeness (QED) is 0.768. The van der Waals surface area contributed by atoms with E-state index in [1.807, 2.05) is 17.8 Å². The smallest absolute Gasteiger partial charge is 0.134 e. The Balaban J connectivity index is 2.15. The lowest BCUT2D eigenvalue weighted by Crippen LogP contribution is -2.22. The third kappa shape index (κ3) is 3.80. The minimum Gasteiger partial charge on any atom is -0.461 e. The van der Waals surface area contributed by atoms with Gasteiger partial charge in [0.1, 0.15) is 11.3 Å². The van der Waals surface area contributed by atoms with Crippen LogP contribution >= 0.6 is 11.8 Å². The number of nitrogens with one attached hydrogen (secondary N) is 1. The van der Waals surface area contributed by atoms with E-state index in [2.05, 4.69) is 43.6 Å². The molecule has 0 spiro atoms. The van der Waals surface area contributed by atoms with Crippen molar-refractivity contribution in [3.05, 3.63) is 35.6 Å². The van der Waals surface area contributed by atoms with Gasteiger partial charge < -0.3 is 9.73 Å². The van der Waals surface area contributed by atoms with Gasteiger partial charge >= 0.3 is 0 Å². The molecule has 20 heavy (non-hydrogen) atoms. The second kappa shape index (κ2) is 7.75. The predicted molar refractivity (Wildman–Crippen MR) is 89.5 cm³/mol. The van der Waals surface area contributed by atoms with Crippen LogP contribution in [0, 0.1) is 0 Å². The molecule has 1 aromatic carbocycles. The van der Waals surface area contributed by atoms with Crippen molar-refractivity contribution in [2.45, 2.75) is 44.9 Å². The molecule has 0 aliphatic rings. The van der Waals surface area contributed by atoms with Gasteiger partial charge in [-0.1, -0.05) is 38.5 Å². The molecule has 1 aromatic heterocycles. The minimum absolute atomic E-state index is 0.646. The van der Waals surface area contributed by atoms with Crippen molar-refractivity contribution in [1.29, 1.82) is 0 Å². The first-order valence-electron chi connectivity index (χ1n) is 7.49. The maximum atomic E-state index is 6.04. The molecule has 2 rings (SSSR count). The minimum atomic E-state index is 0.646. The fourth-order valence-electron chi connectivity index (χ4n) is 2.37. The van der Waals surface area contributed by atoms with Crippen LogP contribution in [-0.4, -0.2) is 18.1 Å². The maximum absolute atomic E-state index is 6.04. The normalized spacial score (nSPS) is 12.9. The summed E-state index contributed by atoms with van der Waals surface area (Å²) in [5, 5.41) is 5.48. The van der Waals surface area contributed by atoms with Gasteiger partial charge in [-0.3, -0.25) is 0 Å². The third-order valence-corrected chi connectivity index (χ3v) is 4.65. The van der Waals surface area contributed by atoms with Crippen molar-refractivity contribution < 1.29 is 4.42 Å². The molecule has 1 atom stereocenters. The average molecular weight is 291 g/mol. The molecule has 0 aliphatic heterocycles. The average Bonchev–Trinajstić information content (AvgIpc) is 2.83. The van der Waals surface area contributed by atoms with E-state index in [0.717, 1.165) is 30.9 Å². The lowest BCUT2D eigenvalue weighted by molar-refractivity contribution is 0.525. The van der Waals surface area contributed by atoms with Gasteiger partial charge in [0, 0.05) is 35.7 Å². The van der Waals surface area contributed by atoms with Crippen LogP contribution in [0.4, 0.5) is 0 Å². The molecule has 1 N–H and O–H groups in total. The second-order valence-electron chi connectivity index (χ2n) is 5.28. The van der Waals surface area contributed by atoms with Gasteiger partial charge in [0.15, 0.2) is 0 Å². The van der Waals surface area contributed by atoms with Crippen molar-refractivity contribution in [3.8, 4) is 0 Å². The lowest BCUT2D eigenvalue weighted by Gasteiger charge is -2.10. The third-order valence-electron chi connectivity index (χ3n) is 3.68. The van der Waals surface area contributed by atoms with Crippen molar-refractivity contribution in [1.82, 2.24) is 5.32 Å². The van der Waals surface area contributed by atoms with E-state index in [9.17, 15) is 0 Å². The molecule has 1 unspecified atom stereocenters. The van der Waals surface area contributed by atoms with E-state index in [0.29, 0.717) is 5.25 Å². The molecule has 0 saturated heterocycles. The van der Waals surface area contributed by atoms with Gasteiger partial charge in [0.25, 0.3) is 0 Å². The Labute approximate surface area is 126 Å². The Hall–Kier alpha value is -0.930. The van der Waals surface area contributed by atoms with E-state index < -0.39 is 0 Å². The topological polar surface area (TPSA) is 25.2 Å². The number of para-hydroxylation sites is 1. The van der Waals surface area contributed by atoms with Crippen LogP contribution in [0.25, 0.3) is 11.0 Å². The number of furan rings is 1. The van der Waals surface area contributed by atoms with Crippen molar-refractivity contribution in [3.63, 3.8) is 0 Å². The fraction of sp³-hybridized carbons (Fsp3) is 0.529. The highest BCUT2D eigenvalue weighted by Crippen LogP contribution is 2.27. The predicted octanol–water partition coefficient (Wildman–Crippen LogP) is 4.62. The first kappa shape index (κ1) is 15.5. The first-order valence-corrected chi connectivity index (χ1v) is 8.77. The molecule has 2 aromatic rings. The van der Waals surface area contributed by atoms with Crippen LogP contribution < -0.4 is 5.32 Å². The van der Waals surface area contributed by atoms with E-state index in [1.54, 1.807) is 0 Å². The SMILES string of the molecule is CCCCc1oc2ccccc2c1CNCC(C)SC. The summed E-state index contributed by atoms with van der Waals surface area (Å²) in [7, 11) is 0. The summed E-state index contributed by atoms with van der Waals surface area (Å²) in [5.41, 5.74) is 2.37. The number of aryl methyl sites for hydroxylation is 1. The maximum Gasteiger partial charge on any atom is 0.134 e. The summed E-state index contributed by atoms with van der Waals surface area (Å²) in [6.07, 6.45) is 5.59. The zero-order chi connectivity index (χ0) is 14.4. The summed E-state index contributed by atoms with van der Waals surface area (Å²) < 4.78 is 6.04. The van der Waals surface area contributed by atoms with Crippen LogP contribution in [0.5, 0.6) is 0 Å². The Kier molecular flexibility index (Phi) is 5.99. The van der Waals surface area contributed by atoms with E-state index in [4.69, 9.17) is 4.42 Å². The summed E-state index contributed by atoms with van der Waals surface area (Å²) >= 11 is 1.90. The molecule has 0 radical (unpaired) electrons. The molecule has 0 fully saturated rings. The first-order chi connectivity index (χ1) is 9.76. The highest BCUT2D eigenvalue weighted by Gasteiger charge is 2.13. The van der Waals surface area contributed by atoms with Crippen molar-refractivity contribution >= 4 is 22.7 Å². The number of benzene rings is 1. The number of hydrogen-bond acceptors (Lipinski definition) is 3. The largest absolute Gasteiger partial charge is 0.461 e. The van der Waals surface area contributed by atoms with Gasteiger partial charge in [-0.05, 0) is 18.7 Å². The Morgan fingerprint density at radius 3 is 2.85 bits per heavy atom. The van der Waals surface area contributed by atoms with Crippen LogP contribution in [0.3, 0.4) is 0 Å². The summed E-state index contributed by atoms with van der Waals surface area (Å²) in [6.45, 7) is 6.42. The Morgan fingerprint density at radius 2 is 2.10 bits per heavy atom. The van der Waals surface area contributed by atoms with Gasteiger partial charge in [-0.15, -0.1) is 0 Å².